The Labute approximate surface area is 164 Å². The maximum atomic E-state index is 12.8. The quantitative estimate of drug-likeness (QED) is 0.571. The number of aromatic nitrogens is 3. The molecule has 1 heterocycles. The summed E-state index contributed by atoms with van der Waals surface area (Å²) in [6, 6.07) is 11.8. The van der Waals surface area contributed by atoms with Crippen LogP contribution in [0.5, 0.6) is 0 Å². The third kappa shape index (κ3) is 4.74. The molecule has 3 aromatic rings. The van der Waals surface area contributed by atoms with Gasteiger partial charge in [-0.3, -0.25) is 9.89 Å². The van der Waals surface area contributed by atoms with E-state index in [1.54, 1.807) is 18.2 Å². The van der Waals surface area contributed by atoms with Gasteiger partial charge < -0.3 is 10.6 Å². The van der Waals surface area contributed by atoms with E-state index in [0.29, 0.717) is 17.4 Å². The molecular weight excluding hydrogens is 383 g/mol. The molecule has 6 nitrogen and oxygen atoms in total. The molecule has 0 radical (unpaired) electrons. The fourth-order valence-corrected chi connectivity index (χ4v) is 2.87. The Morgan fingerprint density at radius 3 is 2.62 bits per heavy atom. The zero-order valence-electron chi connectivity index (χ0n) is 15.3. The highest BCUT2D eigenvalue weighted by Crippen LogP contribution is 2.38. The number of halogens is 3. The zero-order chi connectivity index (χ0) is 20.4. The topological polar surface area (TPSA) is 82.7 Å². The Balaban J connectivity index is 1.37. The number of H-pyrrole nitrogens is 1. The van der Waals surface area contributed by atoms with Crippen LogP contribution in [-0.2, 0) is 11.0 Å². The van der Waals surface area contributed by atoms with Gasteiger partial charge in [0.25, 0.3) is 0 Å². The smallest absolute Gasteiger partial charge is 0.376 e. The molecule has 0 unspecified atom stereocenters. The molecule has 1 aliphatic carbocycles. The van der Waals surface area contributed by atoms with Crippen molar-refractivity contribution in [2.75, 3.05) is 17.2 Å². The summed E-state index contributed by atoms with van der Waals surface area (Å²) < 4.78 is 38.3. The van der Waals surface area contributed by atoms with Crippen molar-refractivity contribution in [3.8, 4) is 11.4 Å². The number of rotatable bonds is 6. The van der Waals surface area contributed by atoms with E-state index in [2.05, 4.69) is 25.8 Å². The first-order valence-electron chi connectivity index (χ1n) is 9.12. The molecule has 0 aliphatic heterocycles. The number of carbonyl (C=O) groups excluding carboxylic acids is 1. The molecule has 0 saturated heterocycles. The summed E-state index contributed by atoms with van der Waals surface area (Å²) in [6.07, 6.45) is -2.20. The van der Waals surface area contributed by atoms with Gasteiger partial charge in [0.1, 0.15) is 5.82 Å². The lowest BCUT2D eigenvalue weighted by Crippen LogP contribution is -2.22. The molecule has 4 rings (SSSR count). The fourth-order valence-electron chi connectivity index (χ4n) is 2.87. The molecule has 1 fully saturated rings. The first-order valence-corrected chi connectivity index (χ1v) is 9.12. The van der Waals surface area contributed by atoms with Crippen molar-refractivity contribution in [1.29, 1.82) is 0 Å². The third-order valence-electron chi connectivity index (χ3n) is 4.51. The summed E-state index contributed by atoms with van der Waals surface area (Å²) in [6.45, 7) is -0.169. The highest BCUT2D eigenvalue weighted by atomic mass is 19.4. The van der Waals surface area contributed by atoms with Gasteiger partial charge >= 0.3 is 6.18 Å². The van der Waals surface area contributed by atoms with Crippen molar-refractivity contribution in [2.24, 2.45) is 0 Å². The van der Waals surface area contributed by atoms with Crippen LogP contribution in [0.25, 0.3) is 11.4 Å². The average molecular weight is 401 g/mol. The van der Waals surface area contributed by atoms with Crippen LogP contribution in [0.4, 0.5) is 24.5 Å². The van der Waals surface area contributed by atoms with E-state index in [-0.39, 0.29) is 18.1 Å². The summed E-state index contributed by atoms with van der Waals surface area (Å²) in [5.41, 5.74) is 0.762. The van der Waals surface area contributed by atoms with Gasteiger partial charge in [0.05, 0.1) is 12.1 Å². The second-order valence-electron chi connectivity index (χ2n) is 6.88. The summed E-state index contributed by atoms with van der Waals surface area (Å²) in [7, 11) is 0. The highest BCUT2D eigenvalue weighted by Gasteiger charge is 2.30. The second-order valence-corrected chi connectivity index (χ2v) is 6.88. The minimum Gasteiger partial charge on any atom is -0.376 e. The van der Waals surface area contributed by atoms with Gasteiger partial charge in [-0.1, -0.05) is 18.2 Å². The van der Waals surface area contributed by atoms with Gasteiger partial charge in [-0.25, -0.2) is 4.98 Å². The molecule has 0 atom stereocenters. The van der Waals surface area contributed by atoms with Crippen LogP contribution >= 0.6 is 0 Å². The number of hydrogen-bond acceptors (Lipinski definition) is 4. The molecular formula is C20H18F3N5O. The van der Waals surface area contributed by atoms with Crippen LogP contribution in [-0.4, -0.2) is 27.6 Å². The van der Waals surface area contributed by atoms with Crippen molar-refractivity contribution in [3.63, 3.8) is 0 Å². The van der Waals surface area contributed by atoms with E-state index in [9.17, 15) is 18.0 Å². The van der Waals surface area contributed by atoms with E-state index in [1.807, 2.05) is 6.07 Å². The fraction of sp³-hybridized carbons (Fsp3) is 0.250. The van der Waals surface area contributed by atoms with Crippen LogP contribution in [0, 0.1) is 0 Å². The molecule has 9 heteroatoms. The average Bonchev–Trinajstić information content (AvgIpc) is 3.43. The molecule has 0 spiro atoms. The Bertz CT molecular complexity index is 1030. The van der Waals surface area contributed by atoms with E-state index in [4.69, 9.17) is 0 Å². The van der Waals surface area contributed by atoms with Crippen LogP contribution in [0.1, 0.15) is 30.1 Å². The van der Waals surface area contributed by atoms with Crippen molar-refractivity contribution in [3.05, 3.63) is 59.9 Å². The normalized spacial score (nSPS) is 13.9. The molecule has 0 bridgehead atoms. The number of carbonyl (C=O) groups is 1. The molecule has 150 valence electrons. The third-order valence-corrected chi connectivity index (χ3v) is 4.51. The molecule has 3 N–H and O–H groups in total. The van der Waals surface area contributed by atoms with Crippen LogP contribution in [0.2, 0.25) is 0 Å². The second kappa shape index (κ2) is 7.57. The number of nitrogens with zero attached hydrogens (tertiary/aromatic N) is 2. The van der Waals surface area contributed by atoms with E-state index >= 15 is 0 Å². The number of aromatic amines is 1. The predicted octanol–water partition coefficient (Wildman–Crippen LogP) is 4.42. The molecule has 1 aromatic heterocycles. The number of amides is 1. The van der Waals surface area contributed by atoms with Gasteiger partial charge in [0, 0.05) is 22.9 Å². The lowest BCUT2D eigenvalue weighted by Gasteiger charge is -2.11. The van der Waals surface area contributed by atoms with Gasteiger partial charge in [-0.05, 0) is 43.2 Å². The standard InChI is InChI=1S/C20H18F3N5O/c21-20(22,23)14-4-2-5-15(10-14)24-11-17(29)25-16-6-1-3-13(9-16)19-26-18(27-28-19)12-7-8-12/h1-6,9-10,12,24H,7-8,11H2,(H,25,29)(H,26,27,28). The highest BCUT2D eigenvalue weighted by molar-refractivity contribution is 5.94. The van der Waals surface area contributed by atoms with Crippen molar-refractivity contribution >= 4 is 17.3 Å². The predicted molar refractivity (Wildman–Crippen MR) is 102 cm³/mol. The maximum Gasteiger partial charge on any atom is 0.416 e. The van der Waals surface area contributed by atoms with Crippen LogP contribution < -0.4 is 10.6 Å². The number of nitrogens with one attached hydrogen (secondary N) is 3. The number of anilines is 2. The van der Waals surface area contributed by atoms with E-state index in [1.165, 1.54) is 12.1 Å². The minimum absolute atomic E-state index is 0.169. The summed E-state index contributed by atoms with van der Waals surface area (Å²) in [5.74, 6) is 1.51. The molecule has 29 heavy (non-hydrogen) atoms. The molecule has 1 saturated carbocycles. The van der Waals surface area contributed by atoms with E-state index < -0.39 is 11.7 Å². The maximum absolute atomic E-state index is 12.8. The van der Waals surface area contributed by atoms with Crippen molar-refractivity contribution < 1.29 is 18.0 Å². The largest absolute Gasteiger partial charge is 0.416 e. The molecule has 2 aromatic carbocycles. The van der Waals surface area contributed by atoms with Gasteiger partial charge in [-0.15, -0.1) is 0 Å². The lowest BCUT2D eigenvalue weighted by atomic mass is 10.2. The SMILES string of the molecule is O=C(CNc1cccc(C(F)(F)F)c1)Nc1cccc(-c2n[nH]c(C3CC3)n2)c1. The Hall–Kier alpha value is -3.36. The Morgan fingerprint density at radius 2 is 1.86 bits per heavy atom. The van der Waals surface area contributed by atoms with Gasteiger partial charge in [-0.2, -0.15) is 18.3 Å². The van der Waals surface area contributed by atoms with Crippen molar-refractivity contribution in [2.45, 2.75) is 24.9 Å². The van der Waals surface area contributed by atoms with Gasteiger partial charge in [0.2, 0.25) is 5.91 Å². The number of hydrogen-bond donors (Lipinski definition) is 3. The van der Waals surface area contributed by atoms with E-state index in [0.717, 1.165) is 36.4 Å². The lowest BCUT2D eigenvalue weighted by molar-refractivity contribution is -0.137. The molecule has 1 amide bonds. The first-order chi connectivity index (χ1) is 13.9. The van der Waals surface area contributed by atoms with Crippen LogP contribution in [0.15, 0.2) is 48.5 Å². The Morgan fingerprint density at radius 1 is 1.10 bits per heavy atom. The monoisotopic (exact) mass is 401 g/mol. The van der Waals surface area contributed by atoms with Crippen molar-refractivity contribution in [1.82, 2.24) is 15.2 Å². The Kier molecular flexibility index (Phi) is 4.96. The zero-order valence-corrected chi connectivity index (χ0v) is 15.3. The summed E-state index contributed by atoms with van der Waals surface area (Å²) >= 11 is 0. The first kappa shape index (κ1) is 19.0. The van der Waals surface area contributed by atoms with Crippen LogP contribution in [0.3, 0.4) is 0 Å². The summed E-state index contributed by atoms with van der Waals surface area (Å²) in [5, 5.41) is 12.6. The number of benzene rings is 2. The summed E-state index contributed by atoms with van der Waals surface area (Å²) in [4.78, 5) is 16.7. The number of alkyl halides is 3. The van der Waals surface area contributed by atoms with Gasteiger partial charge in [0.15, 0.2) is 5.82 Å². The molecule has 1 aliphatic rings. The minimum atomic E-state index is -4.43.